The van der Waals surface area contributed by atoms with Crippen LogP contribution in [0, 0.1) is 0 Å². The number of carbonyl (C=O) groups excluding carboxylic acids is 1. The van der Waals surface area contributed by atoms with Gasteiger partial charge in [0.25, 0.3) is 0 Å². The van der Waals surface area contributed by atoms with Crippen LogP contribution >= 0.6 is 11.8 Å². The van der Waals surface area contributed by atoms with Crippen LogP contribution in [0.15, 0.2) is 59.9 Å². The van der Waals surface area contributed by atoms with E-state index < -0.39 is 0 Å². The molecular weight excluding hydrogens is 358 g/mol. The van der Waals surface area contributed by atoms with Gasteiger partial charge in [-0.3, -0.25) is 9.79 Å². The minimum atomic E-state index is -0.268. The standard InChI is InChI=1S/C20H21N5OS/c21-9-8-14(13-5-2-1-3-6-13)19(26)25-20-24-17(12-27-20)16-11-23-18-15(16)7-4-10-22-18/h1-7,10-11,14,17H,8-9,12,21H2,(H,22,23)(H,24,25,26). The van der Waals surface area contributed by atoms with E-state index in [9.17, 15) is 4.79 Å². The molecule has 0 bridgehead atoms. The molecule has 0 aliphatic carbocycles. The molecule has 0 spiro atoms. The van der Waals surface area contributed by atoms with Crippen molar-refractivity contribution in [1.82, 2.24) is 15.3 Å². The number of pyridine rings is 1. The Bertz CT molecular complexity index is 969. The first-order valence-electron chi connectivity index (χ1n) is 8.94. The maximum Gasteiger partial charge on any atom is 0.233 e. The number of aliphatic imine (C=N–C) groups is 1. The number of rotatable bonds is 5. The van der Waals surface area contributed by atoms with Crippen molar-refractivity contribution >= 4 is 33.9 Å². The van der Waals surface area contributed by atoms with Crippen LogP contribution in [-0.2, 0) is 4.79 Å². The second kappa shape index (κ2) is 7.94. The predicted octanol–water partition coefficient (Wildman–Crippen LogP) is 2.96. The molecule has 0 radical (unpaired) electrons. The highest BCUT2D eigenvalue weighted by molar-refractivity contribution is 8.14. The SMILES string of the molecule is NCCC(C(=O)NC1=NC(c2c[nH]c3ncccc23)CS1)c1ccccc1. The number of amidine groups is 1. The normalized spacial score (nSPS) is 17.7. The van der Waals surface area contributed by atoms with Gasteiger partial charge in [0.2, 0.25) is 5.91 Å². The Balaban J connectivity index is 1.51. The molecule has 0 saturated heterocycles. The number of nitrogens with two attached hydrogens (primary N) is 1. The number of nitrogens with one attached hydrogen (secondary N) is 2. The van der Waals surface area contributed by atoms with E-state index in [0.29, 0.717) is 18.1 Å². The van der Waals surface area contributed by atoms with Gasteiger partial charge in [-0.05, 0) is 30.7 Å². The number of thioether (sulfide) groups is 1. The number of aromatic nitrogens is 2. The number of benzene rings is 1. The Morgan fingerprint density at radius 1 is 1.30 bits per heavy atom. The van der Waals surface area contributed by atoms with E-state index in [-0.39, 0.29) is 17.9 Å². The lowest BCUT2D eigenvalue weighted by Crippen LogP contribution is -2.33. The first-order valence-corrected chi connectivity index (χ1v) is 9.93. The molecule has 2 atom stereocenters. The average molecular weight is 379 g/mol. The van der Waals surface area contributed by atoms with E-state index in [1.54, 1.807) is 18.0 Å². The van der Waals surface area contributed by atoms with Crippen molar-refractivity contribution in [3.63, 3.8) is 0 Å². The quantitative estimate of drug-likeness (QED) is 0.635. The van der Waals surface area contributed by atoms with Crippen molar-refractivity contribution in [3.8, 4) is 0 Å². The Morgan fingerprint density at radius 3 is 2.96 bits per heavy atom. The number of aromatic amines is 1. The lowest BCUT2D eigenvalue weighted by atomic mass is 9.95. The lowest BCUT2D eigenvalue weighted by Gasteiger charge is -2.16. The molecule has 4 N–H and O–H groups in total. The largest absolute Gasteiger partial charge is 0.346 e. The predicted molar refractivity (Wildman–Crippen MR) is 110 cm³/mol. The van der Waals surface area contributed by atoms with Gasteiger partial charge < -0.3 is 16.0 Å². The van der Waals surface area contributed by atoms with Crippen LogP contribution in [-0.4, -0.2) is 33.3 Å². The third-order valence-electron chi connectivity index (χ3n) is 4.70. The number of hydrogen-bond donors (Lipinski definition) is 3. The first-order chi connectivity index (χ1) is 13.3. The third kappa shape index (κ3) is 3.74. The van der Waals surface area contributed by atoms with Crippen molar-refractivity contribution in [3.05, 3.63) is 66.0 Å². The molecular formula is C20H21N5OS. The summed E-state index contributed by atoms with van der Waals surface area (Å²) in [5.41, 5.74) is 8.67. The summed E-state index contributed by atoms with van der Waals surface area (Å²) in [6.45, 7) is 0.456. The van der Waals surface area contributed by atoms with Crippen molar-refractivity contribution in [2.24, 2.45) is 10.7 Å². The second-order valence-electron chi connectivity index (χ2n) is 6.43. The van der Waals surface area contributed by atoms with Gasteiger partial charge in [-0.25, -0.2) is 4.98 Å². The number of H-pyrrole nitrogens is 1. The molecule has 27 heavy (non-hydrogen) atoms. The van der Waals surface area contributed by atoms with Crippen LogP contribution in [0.25, 0.3) is 11.0 Å². The molecule has 1 aromatic carbocycles. The van der Waals surface area contributed by atoms with Crippen LogP contribution in [0.3, 0.4) is 0 Å². The highest BCUT2D eigenvalue weighted by atomic mass is 32.2. The summed E-state index contributed by atoms with van der Waals surface area (Å²) in [7, 11) is 0. The molecule has 1 aliphatic rings. The van der Waals surface area contributed by atoms with Crippen molar-refractivity contribution in [1.29, 1.82) is 0 Å². The number of amides is 1. The summed E-state index contributed by atoms with van der Waals surface area (Å²) in [5.74, 6) is 0.472. The second-order valence-corrected chi connectivity index (χ2v) is 7.44. The van der Waals surface area contributed by atoms with E-state index in [4.69, 9.17) is 10.7 Å². The van der Waals surface area contributed by atoms with Crippen LogP contribution in [0.5, 0.6) is 0 Å². The molecule has 138 valence electrons. The fraction of sp³-hybridized carbons (Fsp3) is 0.250. The van der Waals surface area contributed by atoms with Crippen molar-refractivity contribution in [2.45, 2.75) is 18.4 Å². The average Bonchev–Trinajstić information content (AvgIpc) is 3.33. The van der Waals surface area contributed by atoms with E-state index in [2.05, 4.69) is 15.3 Å². The zero-order valence-electron chi connectivity index (χ0n) is 14.8. The molecule has 1 amide bonds. The zero-order chi connectivity index (χ0) is 18.6. The van der Waals surface area contributed by atoms with Gasteiger partial charge in [-0.1, -0.05) is 42.1 Å². The van der Waals surface area contributed by atoms with Crippen molar-refractivity contribution < 1.29 is 4.79 Å². The monoisotopic (exact) mass is 379 g/mol. The topological polar surface area (TPSA) is 96.2 Å². The van der Waals surface area contributed by atoms with Crippen LogP contribution < -0.4 is 11.1 Å². The summed E-state index contributed by atoms with van der Waals surface area (Å²) in [6.07, 6.45) is 4.33. The molecule has 0 saturated carbocycles. The molecule has 4 rings (SSSR count). The number of fused-ring (bicyclic) bond motifs is 1. The maximum atomic E-state index is 12.8. The summed E-state index contributed by atoms with van der Waals surface area (Å²) in [4.78, 5) is 25.1. The van der Waals surface area contributed by atoms with E-state index in [1.807, 2.05) is 48.7 Å². The van der Waals surface area contributed by atoms with Crippen LogP contribution in [0.2, 0.25) is 0 Å². The van der Waals surface area contributed by atoms with Crippen LogP contribution in [0.4, 0.5) is 0 Å². The minimum absolute atomic E-state index is 0.00735. The summed E-state index contributed by atoms with van der Waals surface area (Å²) < 4.78 is 0. The van der Waals surface area contributed by atoms with Gasteiger partial charge in [0.1, 0.15) is 5.65 Å². The van der Waals surface area contributed by atoms with Crippen LogP contribution in [0.1, 0.15) is 29.5 Å². The number of hydrogen-bond acceptors (Lipinski definition) is 5. The van der Waals surface area contributed by atoms with Gasteiger partial charge in [0.15, 0.2) is 5.17 Å². The Morgan fingerprint density at radius 2 is 2.15 bits per heavy atom. The fourth-order valence-corrected chi connectivity index (χ4v) is 4.29. The highest BCUT2D eigenvalue weighted by Crippen LogP contribution is 2.33. The molecule has 2 aromatic heterocycles. The van der Waals surface area contributed by atoms with E-state index in [0.717, 1.165) is 27.9 Å². The molecule has 0 fully saturated rings. The van der Waals surface area contributed by atoms with Gasteiger partial charge in [-0.2, -0.15) is 0 Å². The smallest absolute Gasteiger partial charge is 0.233 e. The maximum absolute atomic E-state index is 12.8. The van der Waals surface area contributed by atoms with E-state index >= 15 is 0 Å². The molecule has 6 nitrogen and oxygen atoms in total. The molecule has 3 aromatic rings. The van der Waals surface area contributed by atoms with Crippen molar-refractivity contribution in [2.75, 3.05) is 12.3 Å². The fourth-order valence-electron chi connectivity index (χ4n) is 3.35. The summed E-state index contributed by atoms with van der Waals surface area (Å²) >= 11 is 1.57. The Labute approximate surface area is 161 Å². The van der Waals surface area contributed by atoms with Gasteiger partial charge in [-0.15, -0.1) is 0 Å². The van der Waals surface area contributed by atoms with E-state index in [1.165, 1.54) is 0 Å². The summed E-state index contributed by atoms with van der Waals surface area (Å²) in [6, 6.07) is 13.7. The minimum Gasteiger partial charge on any atom is -0.346 e. The third-order valence-corrected chi connectivity index (χ3v) is 5.66. The van der Waals surface area contributed by atoms with Gasteiger partial charge in [0, 0.05) is 29.1 Å². The van der Waals surface area contributed by atoms with Gasteiger partial charge in [0.05, 0.1) is 12.0 Å². The van der Waals surface area contributed by atoms with Gasteiger partial charge >= 0.3 is 0 Å². The Hall–Kier alpha value is -2.64. The highest BCUT2D eigenvalue weighted by Gasteiger charge is 2.26. The first kappa shape index (κ1) is 17.8. The Kier molecular flexibility index (Phi) is 5.22. The zero-order valence-corrected chi connectivity index (χ0v) is 15.6. The molecule has 3 heterocycles. The molecule has 2 unspecified atom stereocenters. The molecule has 7 heteroatoms. The summed E-state index contributed by atoms with van der Waals surface area (Å²) in [5, 5.41) is 4.74. The lowest BCUT2D eigenvalue weighted by molar-refractivity contribution is -0.121. The number of carbonyl (C=O) groups is 1. The molecule has 1 aliphatic heterocycles. The number of nitrogens with zero attached hydrogens (tertiary/aromatic N) is 2.